The van der Waals surface area contributed by atoms with Crippen LogP contribution in [-0.2, 0) is 4.79 Å². The molecule has 3 atom stereocenters. The van der Waals surface area contributed by atoms with Gasteiger partial charge in [-0.15, -0.1) is 0 Å². The largest absolute Gasteiger partial charge is 0.353 e. The van der Waals surface area contributed by atoms with Crippen molar-refractivity contribution in [1.29, 1.82) is 0 Å². The molecule has 16 heavy (non-hydrogen) atoms. The van der Waals surface area contributed by atoms with Gasteiger partial charge in [0.2, 0.25) is 5.91 Å². The molecule has 2 N–H and O–H groups in total. The predicted molar refractivity (Wildman–Crippen MR) is 64.2 cm³/mol. The van der Waals surface area contributed by atoms with Gasteiger partial charge in [0, 0.05) is 18.6 Å². The van der Waals surface area contributed by atoms with Gasteiger partial charge in [0.15, 0.2) is 0 Å². The summed E-state index contributed by atoms with van der Waals surface area (Å²) in [6.07, 6.45) is 2.49. The van der Waals surface area contributed by atoms with Crippen LogP contribution in [0.15, 0.2) is 0 Å². The van der Waals surface area contributed by atoms with E-state index in [0.29, 0.717) is 12.6 Å². The average molecular weight is 225 g/mol. The molecule has 2 saturated heterocycles. The van der Waals surface area contributed by atoms with Crippen LogP contribution in [0.3, 0.4) is 0 Å². The minimum Gasteiger partial charge on any atom is -0.353 e. The molecule has 2 aliphatic rings. The maximum atomic E-state index is 11.5. The van der Waals surface area contributed by atoms with Crippen LogP contribution in [0.1, 0.15) is 26.7 Å². The fourth-order valence-electron chi connectivity index (χ4n) is 2.82. The van der Waals surface area contributed by atoms with E-state index < -0.39 is 0 Å². The van der Waals surface area contributed by atoms with E-state index in [-0.39, 0.29) is 11.9 Å². The number of carbonyl (C=O) groups is 1. The number of piperidine rings is 1. The van der Waals surface area contributed by atoms with Crippen LogP contribution in [0, 0.1) is 5.92 Å². The highest BCUT2D eigenvalue weighted by Gasteiger charge is 2.33. The third kappa shape index (κ3) is 2.95. The third-order valence-electron chi connectivity index (χ3n) is 3.61. The minimum absolute atomic E-state index is 0.121. The highest BCUT2D eigenvalue weighted by molar-refractivity contribution is 5.78. The topological polar surface area (TPSA) is 44.4 Å². The summed E-state index contributed by atoms with van der Waals surface area (Å²) < 4.78 is 0. The molecule has 92 valence electrons. The van der Waals surface area contributed by atoms with Gasteiger partial charge in [-0.1, -0.05) is 0 Å². The fraction of sp³-hybridized carbons (Fsp3) is 0.917. The fourth-order valence-corrected chi connectivity index (χ4v) is 2.82. The van der Waals surface area contributed by atoms with Gasteiger partial charge in [-0.05, 0) is 45.7 Å². The number of hydrogen-bond acceptors (Lipinski definition) is 3. The lowest BCUT2D eigenvalue weighted by Gasteiger charge is -2.31. The van der Waals surface area contributed by atoms with Crippen LogP contribution in [0.25, 0.3) is 0 Å². The van der Waals surface area contributed by atoms with E-state index in [1.54, 1.807) is 0 Å². The summed E-state index contributed by atoms with van der Waals surface area (Å²) in [5.74, 6) is 0.885. The second-order valence-electron chi connectivity index (χ2n) is 5.35. The van der Waals surface area contributed by atoms with Crippen molar-refractivity contribution < 1.29 is 4.79 Å². The summed E-state index contributed by atoms with van der Waals surface area (Å²) in [6, 6.07) is 0.791. The van der Waals surface area contributed by atoms with Gasteiger partial charge in [-0.3, -0.25) is 4.79 Å². The smallest absolute Gasteiger partial charge is 0.234 e. The number of hydrogen-bond donors (Lipinski definition) is 2. The molecule has 1 amide bonds. The summed E-state index contributed by atoms with van der Waals surface area (Å²) in [5.41, 5.74) is 0. The van der Waals surface area contributed by atoms with E-state index in [2.05, 4.69) is 15.5 Å². The van der Waals surface area contributed by atoms with Crippen molar-refractivity contribution in [3.8, 4) is 0 Å². The zero-order valence-electron chi connectivity index (χ0n) is 10.3. The monoisotopic (exact) mass is 225 g/mol. The summed E-state index contributed by atoms with van der Waals surface area (Å²) in [7, 11) is 0. The van der Waals surface area contributed by atoms with E-state index in [9.17, 15) is 4.79 Å². The van der Waals surface area contributed by atoms with E-state index in [1.165, 1.54) is 32.5 Å². The molecule has 0 saturated carbocycles. The van der Waals surface area contributed by atoms with Gasteiger partial charge in [0.05, 0.1) is 6.54 Å². The Hall–Kier alpha value is -0.610. The highest BCUT2D eigenvalue weighted by Crippen LogP contribution is 2.26. The molecule has 0 radical (unpaired) electrons. The molecule has 0 aliphatic carbocycles. The number of amides is 1. The van der Waals surface area contributed by atoms with Gasteiger partial charge in [-0.2, -0.15) is 0 Å². The first-order chi connectivity index (χ1) is 7.65. The summed E-state index contributed by atoms with van der Waals surface area (Å²) in [6.45, 7) is 8.13. The normalized spacial score (nSPS) is 33.1. The molecule has 4 heteroatoms. The third-order valence-corrected chi connectivity index (χ3v) is 3.61. The minimum atomic E-state index is 0.121. The maximum absolute atomic E-state index is 11.5. The molecule has 4 nitrogen and oxygen atoms in total. The Kier molecular flexibility index (Phi) is 3.82. The Balaban J connectivity index is 1.71. The number of nitrogens with one attached hydrogen (secondary N) is 2. The molecule has 2 fully saturated rings. The second-order valence-corrected chi connectivity index (χ2v) is 5.35. The van der Waals surface area contributed by atoms with Gasteiger partial charge in [0.25, 0.3) is 0 Å². The number of carbonyl (C=O) groups excluding carboxylic acids is 1. The second kappa shape index (κ2) is 5.15. The summed E-state index contributed by atoms with van der Waals surface area (Å²) in [4.78, 5) is 14.0. The van der Waals surface area contributed by atoms with Crippen LogP contribution < -0.4 is 10.6 Å². The van der Waals surface area contributed by atoms with Crippen molar-refractivity contribution >= 4 is 5.91 Å². The zero-order chi connectivity index (χ0) is 11.5. The van der Waals surface area contributed by atoms with Crippen molar-refractivity contribution in [2.24, 2.45) is 5.92 Å². The van der Waals surface area contributed by atoms with Crippen LogP contribution in [0.2, 0.25) is 0 Å². The lowest BCUT2D eigenvalue weighted by molar-refractivity contribution is -0.120. The number of rotatable bonds is 4. The Morgan fingerprint density at radius 1 is 1.38 bits per heavy atom. The standard InChI is InChI=1S/C12H23N3O/c1-9(2)14-12(16)7-13-11-4-6-15-5-3-10(11)8-15/h9-11,13H,3-8H2,1-2H3,(H,14,16). The quantitative estimate of drug-likeness (QED) is 0.718. The Morgan fingerprint density at radius 2 is 2.12 bits per heavy atom. The first-order valence-electron chi connectivity index (χ1n) is 6.40. The maximum Gasteiger partial charge on any atom is 0.234 e. The SMILES string of the molecule is CC(C)NC(=O)CNC1CCN2CCC1C2. The van der Waals surface area contributed by atoms with Crippen LogP contribution in [0.5, 0.6) is 0 Å². The first-order valence-corrected chi connectivity index (χ1v) is 6.40. The first kappa shape index (κ1) is 11.9. The lowest BCUT2D eigenvalue weighted by Crippen LogP contribution is -2.47. The Bertz CT molecular complexity index is 255. The summed E-state index contributed by atoms with van der Waals surface area (Å²) in [5, 5.41) is 6.33. The molecule has 0 aromatic rings. The van der Waals surface area contributed by atoms with Gasteiger partial charge in [0.1, 0.15) is 0 Å². The van der Waals surface area contributed by atoms with Crippen LogP contribution in [0.4, 0.5) is 0 Å². The molecule has 2 rings (SSSR count). The van der Waals surface area contributed by atoms with E-state index >= 15 is 0 Å². The molecular formula is C12H23N3O. The van der Waals surface area contributed by atoms with Crippen molar-refractivity contribution in [2.75, 3.05) is 26.2 Å². The Labute approximate surface area is 97.8 Å². The van der Waals surface area contributed by atoms with Gasteiger partial charge >= 0.3 is 0 Å². The van der Waals surface area contributed by atoms with E-state index in [1.807, 2.05) is 13.8 Å². The molecule has 3 unspecified atom stereocenters. The van der Waals surface area contributed by atoms with Crippen molar-refractivity contribution in [3.63, 3.8) is 0 Å². The molecule has 2 aliphatic heterocycles. The van der Waals surface area contributed by atoms with Crippen molar-refractivity contribution in [2.45, 2.75) is 38.8 Å². The predicted octanol–water partition coefficient (Wildman–Crippen LogP) is 0.195. The highest BCUT2D eigenvalue weighted by atomic mass is 16.1. The summed E-state index contributed by atoms with van der Waals surface area (Å²) >= 11 is 0. The number of fused-ring (bicyclic) bond motifs is 2. The molecule has 0 spiro atoms. The van der Waals surface area contributed by atoms with Gasteiger partial charge in [-0.25, -0.2) is 0 Å². The molecular weight excluding hydrogens is 202 g/mol. The van der Waals surface area contributed by atoms with E-state index in [0.717, 1.165) is 5.92 Å². The molecule has 0 aromatic heterocycles. The molecule has 2 bridgehead atoms. The zero-order valence-corrected chi connectivity index (χ0v) is 10.3. The molecule has 2 heterocycles. The Morgan fingerprint density at radius 3 is 2.88 bits per heavy atom. The van der Waals surface area contributed by atoms with Crippen molar-refractivity contribution in [3.05, 3.63) is 0 Å². The number of nitrogens with zero attached hydrogens (tertiary/aromatic N) is 1. The lowest BCUT2D eigenvalue weighted by atomic mass is 9.94. The average Bonchev–Trinajstić information content (AvgIpc) is 2.59. The van der Waals surface area contributed by atoms with E-state index in [4.69, 9.17) is 0 Å². The van der Waals surface area contributed by atoms with Crippen LogP contribution in [-0.4, -0.2) is 49.1 Å². The van der Waals surface area contributed by atoms with Crippen LogP contribution >= 0.6 is 0 Å². The van der Waals surface area contributed by atoms with Gasteiger partial charge < -0.3 is 15.5 Å². The van der Waals surface area contributed by atoms with Crippen molar-refractivity contribution in [1.82, 2.24) is 15.5 Å². The molecule has 0 aromatic carbocycles.